The van der Waals surface area contributed by atoms with E-state index in [0.29, 0.717) is 19.6 Å². The van der Waals surface area contributed by atoms with Gasteiger partial charge in [-0.15, -0.1) is 0 Å². The molecule has 0 spiro atoms. The number of carboxylic acids is 1. The van der Waals surface area contributed by atoms with Crippen LogP contribution in [0.1, 0.15) is 18.4 Å². The minimum Gasteiger partial charge on any atom is -0.481 e. The Balaban J connectivity index is 2.43. The van der Waals surface area contributed by atoms with Gasteiger partial charge < -0.3 is 15.2 Å². The van der Waals surface area contributed by atoms with Gasteiger partial charge in [0.05, 0.1) is 6.61 Å². The average Bonchev–Trinajstić information content (AvgIpc) is 2.26. The number of carbonyl (C=O) groups is 1. The van der Waals surface area contributed by atoms with Crippen molar-refractivity contribution in [3.63, 3.8) is 0 Å². The Morgan fingerprint density at radius 3 is 2.88 bits per heavy atom. The Kier molecular flexibility index (Phi) is 5.36. The van der Waals surface area contributed by atoms with E-state index in [-0.39, 0.29) is 6.42 Å². The number of rotatable bonds is 7. The lowest BCUT2D eigenvalue weighted by Crippen LogP contribution is -2.06. The third-order valence-electron chi connectivity index (χ3n) is 2.20. The molecule has 0 radical (unpaired) electrons. The largest absolute Gasteiger partial charge is 0.481 e. The van der Waals surface area contributed by atoms with Crippen molar-refractivity contribution >= 4 is 11.7 Å². The maximum Gasteiger partial charge on any atom is 0.303 e. The number of hydrogen-bond donors (Lipinski definition) is 2. The summed E-state index contributed by atoms with van der Waals surface area (Å²) < 4.78 is 5.08. The molecule has 0 unspecified atom stereocenters. The van der Waals surface area contributed by atoms with Crippen LogP contribution in [0.25, 0.3) is 0 Å². The van der Waals surface area contributed by atoms with Gasteiger partial charge in [0.15, 0.2) is 0 Å². The molecular formula is C12H17NO3. The number of nitrogens with one attached hydrogen (secondary N) is 1. The van der Waals surface area contributed by atoms with Crippen molar-refractivity contribution in [2.24, 2.45) is 0 Å². The van der Waals surface area contributed by atoms with E-state index >= 15 is 0 Å². The molecule has 0 amide bonds. The number of carboxylic acid groups (broad SMARTS) is 1. The van der Waals surface area contributed by atoms with Gasteiger partial charge in [-0.1, -0.05) is 18.2 Å². The van der Waals surface area contributed by atoms with Crippen molar-refractivity contribution in [3.05, 3.63) is 29.8 Å². The molecule has 2 N–H and O–H groups in total. The molecule has 0 heterocycles. The van der Waals surface area contributed by atoms with Gasteiger partial charge in [0, 0.05) is 31.3 Å². The Labute approximate surface area is 95.2 Å². The normalized spacial score (nSPS) is 10.1. The van der Waals surface area contributed by atoms with Crippen molar-refractivity contribution < 1.29 is 14.6 Å². The predicted octanol–water partition coefficient (Wildman–Crippen LogP) is 2.11. The van der Waals surface area contributed by atoms with E-state index in [2.05, 4.69) is 5.32 Å². The molecule has 1 aromatic rings. The maximum absolute atomic E-state index is 10.3. The van der Waals surface area contributed by atoms with Crippen molar-refractivity contribution in [2.75, 3.05) is 19.0 Å². The topological polar surface area (TPSA) is 58.6 Å². The molecule has 0 aromatic heterocycles. The van der Waals surface area contributed by atoms with Crippen LogP contribution in [0.5, 0.6) is 0 Å². The predicted molar refractivity (Wildman–Crippen MR) is 62.5 cm³/mol. The van der Waals surface area contributed by atoms with Crippen LogP contribution in [-0.4, -0.2) is 24.7 Å². The molecule has 88 valence electrons. The number of anilines is 1. The summed E-state index contributed by atoms with van der Waals surface area (Å²) in [7, 11) is 1.65. The van der Waals surface area contributed by atoms with Crippen LogP contribution in [0.15, 0.2) is 24.3 Å². The summed E-state index contributed by atoms with van der Waals surface area (Å²) in [6.45, 7) is 1.22. The highest BCUT2D eigenvalue weighted by Gasteiger charge is 2.01. The van der Waals surface area contributed by atoms with E-state index in [1.54, 1.807) is 7.11 Å². The highest BCUT2D eigenvalue weighted by molar-refractivity contribution is 5.66. The molecule has 0 aliphatic rings. The average molecular weight is 223 g/mol. The van der Waals surface area contributed by atoms with Gasteiger partial charge in [0.1, 0.15) is 0 Å². The smallest absolute Gasteiger partial charge is 0.303 e. The third kappa shape index (κ3) is 4.31. The second-order valence-electron chi connectivity index (χ2n) is 3.51. The van der Waals surface area contributed by atoms with Crippen molar-refractivity contribution in [1.29, 1.82) is 0 Å². The summed E-state index contributed by atoms with van der Waals surface area (Å²) in [5.74, 6) is -0.757. The first-order chi connectivity index (χ1) is 7.74. The molecule has 0 bridgehead atoms. The van der Waals surface area contributed by atoms with Crippen LogP contribution in [0, 0.1) is 0 Å². The third-order valence-corrected chi connectivity index (χ3v) is 2.20. The van der Waals surface area contributed by atoms with Gasteiger partial charge in [-0.05, 0) is 12.5 Å². The molecule has 16 heavy (non-hydrogen) atoms. The van der Waals surface area contributed by atoms with E-state index in [1.807, 2.05) is 24.3 Å². The van der Waals surface area contributed by atoms with E-state index in [9.17, 15) is 4.79 Å². The zero-order valence-corrected chi connectivity index (χ0v) is 9.40. The lowest BCUT2D eigenvalue weighted by Gasteiger charge is -2.10. The first kappa shape index (κ1) is 12.5. The molecule has 0 saturated heterocycles. The number of ether oxygens (including phenoxy) is 1. The molecule has 4 nitrogen and oxygen atoms in total. The molecule has 4 heteroatoms. The zero-order valence-electron chi connectivity index (χ0n) is 9.40. The Morgan fingerprint density at radius 1 is 1.44 bits per heavy atom. The van der Waals surface area contributed by atoms with Gasteiger partial charge in [-0.25, -0.2) is 0 Å². The molecule has 1 aromatic carbocycles. The van der Waals surface area contributed by atoms with Crippen LogP contribution >= 0.6 is 0 Å². The van der Waals surface area contributed by atoms with E-state index in [4.69, 9.17) is 9.84 Å². The van der Waals surface area contributed by atoms with Gasteiger partial charge in [0.2, 0.25) is 0 Å². The molecular weight excluding hydrogens is 206 g/mol. The monoisotopic (exact) mass is 223 g/mol. The molecule has 0 saturated carbocycles. The highest BCUT2D eigenvalue weighted by Crippen LogP contribution is 2.15. The van der Waals surface area contributed by atoms with Crippen LogP contribution in [0.3, 0.4) is 0 Å². The molecule has 0 fully saturated rings. The summed E-state index contributed by atoms with van der Waals surface area (Å²) in [4.78, 5) is 10.3. The summed E-state index contributed by atoms with van der Waals surface area (Å²) in [5.41, 5.74) is 2.09. The summed E-state index contributed by atoms with van der Waals surface area (Å²) >= 11 is 0. The first-order valence-electron chi connectivity index (χ1n) is 5.26. The standard InChI is InChI=1S/C12H17NO3/c1-16-9-10-5-2-3-6-11(10)13-8-4-7-12(14)15/h2-3,5-6,13H,4,7-9H2,1H3,(H,14,15). The molecule has 0 atom stereocenters. The van der Waals surface area contributed by atoms with Crippen LogP contribution < -0.4 is 5.32 Å². The second kappa shape index (κ2) is 6.85. The van der Waals surface area contributed by atoms with E-state index < -0.39 is 5.97 Å². The first-order valence-corrected chi connectivity index (χ1v) is 5.26. The number of hydrogen-bond acceptors (Lipinski definition) is 3. The fourth-order valence-electron chi connectivity index (χ4n) is 1.44. The van der Waals surface area contributed by atoms with Gasteiger partial charge in [-0.3, -0.25) is 4.79 Å². The minimum atomic E-state index is -0.757. The second-order valence-corrected chi connectivity index (χ2v) is 3.51. The van der Waals surface area contributed by atoms with Crippen LogP contribution in [0.2, 0.25) is 0 Å². The fourth-order valence-corrected chi connectivity index (χ4v) is 1.44. The lowest BCUT2D eigenvalue weighted by molar-refractivity contribution is -0.137. The van der Waals surface area contributed by atoms with Crippen molar-refractivity contribution in [2.45, 2.75) is 19.4 Å². The number of benzene rings is 1. The van der Waals surface area contributed by atoms with Crippen molar-refractivity contribution in [3.8, 4) is 0 Å². The summed E-state index contributed by atoms with van der Waals surface area (Å²) in [6, 6.07) is 7.85. The van der Waals surface area contributed by atoms with Crippen molar-refractivity contribution in [1.82, 2.24) is 0 Å². The molecule has 1 rings (SSSR count). The maximum atomic E-state index is 10.3. The number of aliphatic carboxylic acids is 1. The van der Waals surface area contributed by atoms with Crippen LogP contribution in [0.4, 0.5) is 5.69 Å². The quantitative estimate of drug-likeness (QED) is 0.695. The zero-order chi connectivity index (χ0) is 11.8. The van der Waals surface area contributed by atoms with Gasteiger partial charge >= 0.3 is 5.97 Å². The summed E-state index contributed by atoms with van der Waals surface area (Å²) in [5, 5.41) is 11.7. The number of methoxy groups -OCH3 is 1. The SMILES string of the molecule is COCc1ccccc1NCCCC(=O)O. The van der Waals surface area contributed by atoms with E-state index in [0.717, 1.165) is 11.3 Å². The Bertz CT molecular complexity index is 339. The van der Waals surface area contributed by atoms with E-state index in [1.165, 1.54) is 0 Å². The van der Waals surface area contributed by atoms with Crippen LogP contribution in [-0.2, 0) is 16.1 Å². The lowest BCUT2D eigenvalue weighted by atomic mass is 10.2. The number of para-hydroxylation sites is 1. The Hall–Kier alpha value is -1.55. The van der Waals surface area contributed by atoms with Gasteiger partial charge in [0.25, 0.3) is 0 Å². The Morgan fingerprint density at radius 2 is 2.19 bits per heavy atom. The molecule has 0 aliphatic heterocycles. The molecule has 0 aliphatic carbocycles. The fraction of sp³-hybridized carbons (Fsp3) is 0.417. The minimum absolute atomic E-state index is 0.194. The highest BCUT2D eigenvalue weighted by atomic mass is 16.5. The van der Waals surface area contributed by atoms with Gasteiger partial charge in [-0.2, -0.15) is 0 Å². The summed E-state index contributed by atoms with van der Waals surface area (Å²) in [6.07, 6.45) is 0.816.